The second-order valence-electron chi connectivity index (χ2n) is 12.0. The molecule has 1 atom stereocenters. The Kier molecular flexibility index (Phi) is 17.1. The fourth-order valence-corrected chi connectivity index (χ4v) is 5.67. The largest absolute Gasteiger partial charge is 0.494 e. The van der Waals surface area contributed by atoms with Gasteiger partial charge in [-0.2, -0.15) is 0 Å². The molecule has 230 valence electrons. The molecule has 2 nitrogen and oxygen atoms in total. The molecular formula is C40H58O2. The van der Waals surface area contributed by atoms with Crippen LogP contribution in [0.5, 0.6) is 5.75 Å². The third-order valence-electron chi connectivity index (χ3n) is 8.42. The van der Waals surface area contributed by atoms with Gasteiger partial charge in [0.2, 0.25) is 0 Å². The number of ether oxygens (including phenoxy) is 2. The highest BCUT2D eigenvalue weighted by Gasteiger charge is 2.10. The van der Waals surface area contributed by atoms with Crippen LogP contribution in [-0.2, 0) is 4.74 Å². The summed E-state index contributed by atoms with van der Waals surface area (Å²) in [5.41, 5.74) is 6.20. The summed E-state index contributed by atoms with van der Waals surface area (Å²) in [6.07, 6.45) is 21.3. The molecule has 0 saturated heterocycles. The van der Waals surface area contributed by atoms with E-state index in [4.69, 9.17) is 9.47 Å². The van der Waals surface area contributed by atoms with Crippen LogP contribution < -0.4 is 4.74 Å². The topological polar surface area (TPSA) is 18.5 Å². The SMILES string of the molecule is CCCCCCCCCCCOC(C)c1ccc(-c2ccccc2-c2ccc(OCCCCCCCCC)cc2)cc1. The van der Waals surface area contributed by atoms with Crippen molar-refractivity contribution in [2.45, 2.75) is 130 Å². The van der Waals surface area contributed by atoms with Crippen molar-refractivity contribution in [1.29, 1.82) is 0 Å². The zero-order chi connectivity index (χ0) is 29.7. The van der Waals surface area contributed by atoms with Crippen LogP contribution in [0.1, 0.15) is 135 Å². The molecular weight excluding hydrogens is 512 g/mol. The first-order chi connectivity index (χ1) is 20.7. The highest BCUT2D eigenvalue weighted by Crippen LogP contribution is 2.33. The summed E-state index contributed by atoms with van der Waals surface area (Å²) in [5, 5.41) is 0. The molecule has 0 aromatic heterocycles. The van der Waals surface area contributed by atoms with Crippen molar-refractivity contribution in [3.05, 3.63) is 78.4 Å². The molecule has 0 spiro atoms. The van der Waals surface area contributed by atoms with Gasteiger partial charge in [-0.25, -0.2) is 0 Å². The third-order valence-corrected chi connectivity index (χ3v) is 8.42. The van der Waals surface area contributed by atoms with Gasteiger partial charge in [-0.05, 0) is 59.7 Å². The average molecular weight is 571 g/mol. The summed E-state index contributed by atoms with van der Waals surface area (Å²) in [4.78, 5) is 0. The highest BCUT2D eigenvalue weighted by molar-refractivity contribution is 5.83. The minimum atomic E-state index is 0.122. The van der Waals surface area contributed by atoms with Gasteiger partial charge in [0.25, 0.3) is 0 Å². The maximum Gasteiger partial charge on any atom is 0.119 e. The molecule has 1 unspecified atom stereocenters. The van der Waals surface area contributed by atoms with Gasteiger partial charge in [0, 0.05) is 6.61 Å². The van der Waals surface area contributed by atoms with E-state index in [0.29, 0.717) is 0 Å². The minimum absolute atomic E-state index is 0.122. The number of rotatable bonds is 23. The minimum Gasteiger partial charge on any atom is -0.494 e. The summed E-state index contributed by atoms with van der Waals surface area (Å²) in [6, 6.07) is 26.2. The molecule has 0 aliphatic rings. The van der Waals surface area contributed by atoms with Gasteiger partial charge in [-0.1, -0.05) is 164 Å². The molecule has 0 bridgehead atoms. The highest BCUT2D eigenvalue weighted by atomic mass is 16.5. The molecule has 0 N–H and O–H groups in total. The van der Waals surface area contributed by atoms with E-state index in [0.717, 1.165) is 31.8 Å². The van der Waals surface area contributed by atoms with Gasteiger partial charge >= 0.3 is 0 Å². The van der Waals surface area contributed by atoms with E-state index in [1.54, 1.807) is 0 Å². The van der Waals surface area contributed by atoms with Crippen LogP contribution in [0.4, 0.5) is 0 Å². The molecule has 42 heavy (non-hydrogen) atoms. The Morgan fingerprint density at radius 2 is 0.905 bits per heavy atom. The van der Waals surface area contributed by atoms with Gasteiger partial charge in [0.15, 0.2) is 0 Å². The smallest absolute Gasteiger partial charge is 0.119 e. The molecule has 0 aliphatic carbocycles. The number of unbranched alkanes of at least 4 members (excludes halogenated alkanes) is 14. The summed E-state index contributed by atoms with van der Waals surface area (Å²) < 4.78 is 12.2. The molecule has 0 aliphatic heterocycles. The molecule has 3 aromatic carbocycles. The predicted molar refractivity (Wildman–Crippen MR) is 182 cm³/mol. The molecule has 3 aromatic rings. The molecule has 0 saturated carbocycles. The second-order valence-corrected chi connectivity index (χ2v) is 12.0. The van der Waals surface area contributed by atoms with Crippen molar-refractivity contribution in [2.75, 3.05) is 13.2 Å². The van der Waals surface area contributed by atoms with E-state index >= 15 is 0 Å². The first-order valence-corrected chi connectivity index (χ1v) is 17.3. The molecule has 0 fully saturated rings. The van der Waals surface area contributed by atoms with Crippen molar-refractivity contribution in [3.8, 4) is 28.0 Å². The van der Waals surface area contributed by atoms with Crippen molar-refractivity contribution in [1.82, 2.24) is 0 Å². The van der Waals surface area contributed by atoms with Crippen LogP contribution >= 0.6 is 0 Å². The Balaban J connectivity index is 1.43. The van der Waals surface area contributed by atoms with E-state index in [1.165, 1.54) is 118 Å². The number of hydrogen-bond donors (Lipinski definition) is 0. The fourth-order valence-electron chi connectivity index (χ4n) is 5.67. The Bertz CT molecular complexity index is 1070. The Hall–Kier alpha value is -2.58. The van der Waals surface area contributed by atoms with Gasteiger partial charge in [0.1, 0.15) is 5.75 Å². The zero-order valence-corrected chi connectivity index (χ0v) is 27.0. The lowest BCUT2D eigenvalue weighted by Crippen LogP contribution is -2.02. The van der Waals surface area contributed by atoms with Crippen LogP contribution in [0.15, 0.2) is 72.8 Å². The number of hydrogen-bond acceptors (Lipinski definition) is 2. The Labute approximate surface area is 258 Å². The molecule has 0 amide bonds. The summed E-state index contributed by atoms with van der Waals surface area (Å²) in [7, 11) is 0. The van der Waals surface area contributed by atoms with E-state index in [9.17, 15) is 0 Å². The van der Waals surface area contributed by atoms with Crippen LogP contribution in [0.2, 0.25) is 0 Å². The van der Waals surface area contributed by atoms with Crippen molar-refractivity contribution < 1.29 is 9.47 Å². The van der Waals surface area contributed by atoms with Gasteiger partial charge in [0.05, 0.1) is 12.7 Å². The molecule has 2 heteroatoms. The van der Waals surface area contributed by atoms with Crippen LogP contribution in [-0.4, -0.2) is 13.2 Å². The Morgan fingerprint density at radius 3 is 1.40 bits per heavy atom. The lowest BCUT2D eigenvalue weighted by molar-refractivity contribution is 0.0627. The number of benzene rings is 3. The van der Waals surface area contributed by atoms with Crippen molar-refractivity contribution >= 4 is 0 Å². The van der Waals surface area contributed by atoms with Gasteiger partial charge < -0.3 is 9.47 Å². The van der Waals surface area contributed by atoms with E-state index in [1.807, 2.05) is 0 Å². The first kappa shape index (κ1) is 33.9. The van der Waals surface area contributed by atoms with E-state index < -0.39 is 0 Å². The normalized spacial score (nSPS) is 12.0. The fraction of sp³-hybridized carbons (Fsp3) is 0.550. The van der Waals surface area contributed by atoms with Crippen LogP contribution in [0.25, 0.3) is 22.3 Å². The second kappa shape index (κ2) is 21.2. The standard InChI is InChI=1S/C40H58O2/c1-4-6-8-10-12-13-15-16-20-32-41-34(3)35-24-26-36(27-25-35)39-22-18-19-23-40(39)37-28-30-38(31-29-37)42-33-21-17-14-11-9-7-5-2/h18-19,22-31,34H,4-17,20-21,32-33H2,1-3H3. The van der Waals surface area contributed by atoms with Crippen LogP contribution in [0, 0.1) is 0 Å². The lowest BCUT2D eigenvalue weighted by Gasteiger charge is -2.15. The summed E-state index contributed by atoms with van der Waals surface area (Å²) >= 11 is 0. The molecule has 0 radical (unpaired) electrons. The van der Waals surface area contributed by atoms with E-state index in [-0.39, 0.29) is 6.10 Å². The third kappa shape index (κ3) is 12.7. The summed E-state index contributed by atoms with van der Waals surface area (Å²) in [6.45, 7) is 8.38. The van der Waals surface area contributed by atoms with Crippen molar-refractivity contribution in [3.63, 3.8) is 0 Å². The monoisotopic (exact) mass is 570 g/mol. The van der Waals surface area contributed by atoms with E-state index in [2.05, 4.69) is 93.6 Å². The summed E-state index contributed by atoms with van der Waals surface area (Å²) in [5.74, 6) is 0.961. The molecule has 3 rings (SSSR count). The quantitative estimate of drug-likeness (QED) is 0.106. The lowest BCUT2D eigenvalue weighted by atomic mass is 9.94. The van der Waals surface area contributed by atoms with Gasteiger partial charge in [-0.3, -0.25) is 0 Å². The zero-order valence-electron chi connectivity index (χ0n) is 27.0. The maximum atomic E-state index is 6.19. The predicted octanol–water partition coefficient (Wildman–Crippen LogP) is 12.8. The van der Waals surface area contributed by atoms with Crippen molar-refractivity contribution in [2.24, 2.45) is 0 Å². The molecule has 0 heterocycles. The van der Waals surface area contributed by atoms with Crippen LogP contribution in [0.3, 0.4) is 0 Å². The maximum absolute atomic E-state index is 6.19. The van der Waals surface area contributed by atoms with Gasteiger partial charge in [-0.15, -0.1) is 0 Å². The first-order valence-electron chi connectivity index (χ1n) is 17.3. The average Bonchev–Trinajstić information content (AvgIpc) is 3.03. The Morgan fingerprint density at radius 1 is 0.476 bits per heavy atom.